The molecule has 0 radical (unpaired) electrons. The molecule has 0 spiro atoms. The average molecular weight is 347 g/mol. The lowest BCUT2D eigenvalue weighted by molar-refractivity contribution is 0.0929. The molecule has 0 saturated heterocycles. The number of rotatable bonds is 5. The molecule has 0 atom stereocenters. The number of nitrogens with one attached hydrogen (secondary N) is 2. The van der Waals surface area contributed by atoms with Crippen molar-refractivity contribution in [2.75, 3.05) is 21.3 Å². The largest absolute Gasteiger partial charge is 0.493 e. The van der Waals surface area contributed by atoms with E-state index in [0.717, 1.165) is 5.56 Å². The van der Waals surface area contributed by atoms with E-state index in [2.05, 4.69) is 10.9 Å². The number of furan rings is 1. The number of hydrogen-bond donors (Lipinski definition) is 2. The lowest BCUT2D eigenvalue weighted by atomic mass is 10.1. The van der Waals surface area contributed by atoms with E-state index in [1.54, 1.807) is 27.1 Å². The molecule has 25 heavy (non-hydrogen) atoms. The third-order valence-electron chi connectivity index (χ3n) is 3.63. The first-order valence-corrected chi connectivity index (χ1v) is 7.53. The summed E-state index contributed by atoms with van der Waals surface area (Å²) in [4.78, 5) is 25.5. The Morgan fingerprint density at radius 3 is 2.52 bits per heavy atom. The number of nitrogens with zero attached hydrogens (tertiary/aromatic N) is 1. The second-order valence-electron chi connectivity index (χ2n) is 5.28. The fraction of sp³-hybridized carbons (Fsp3) is 0.294. The molecule has 0 aliphatic carbocycles. The minimum Gasteiger partial charge on any atom is -0.493 e. The van der Waals surface area contributed by atoms with Crippen molar-refractivity contribution in [3.8, 4) is 11.5 Å². The molecule has 1 aromatic heterocycles. The van der Waals surface area contributed by atoms with Crippen molar-refractivity contribution in [2.24, 2.45) is 0 Å². The molecule has 0 aliphatic rings. The van der Waals surface area contributed by atoms with Crippen LogP contribution in [0.1, 0.15) is 21.7 Å². The summed E-state index contributed by atoms with van der Waals surface area (Å²) in [6, 6.07) is 6.47. The van der Waals surface area contributed by atoms with E-state index in [1.165, 1.54) is 24.3 Å². The number of amides is 3. The highest BCUT2D eigenvalue weighted by Gasteiger charge is 2.16. The topological polar surface area (TPSA) is 93.0 Å². The van der Waals surface area contributed by atoms with E-state index in [9.17, 15) is 9.59 Å². The molecule has 134 valence electrons. The molecule has 8 heteroatoms. The Morgan fingerprint density at radius 2 is 1.92 bits per heavy atom. The highest BCUT2D eigenvalue weighted by molar-refractivity contribution is 5.96. The van der Waals surface area contributed by atoms with Crippen LogP contribution >= 0.6 is 0 Å². The van der Waals surface area contributed by atoms with Crippen molar-refractivity contribution in [2.45, 2.75) is 13.5 Å². The van der Waals surface area contributed by atoms with Gasteiger partial charge in [-0.1, -0.05) is 12.1 Å². The van der Waals surface area contributed by atoms with Gasteiger partial charge in [-0.15, -0.1) is 0 Å². The Kier molecular flexibility index (Phi) is 5.89. The number of carbonyl (C=O) groups excluding carboxylic acids is 2. The maximum Gasteiger partial charge on any atom is 0.336 e. The lowest BCUT2D eigenvalue weighted by Crippen LogP contribution is -2.47. The Hall–Kier alpha value is -3.16. The van der Waals surface area contributed by atoms with Crippen LogP contribution < -0.4 is 20.3 Å². The summed E-state index contributed by atoms with van der Waals surface area (Å²) < 4.78 is 15.6. The van der Waals surface area contributed by atoms with Gasteiger partial charge in [0.2, 0.25) is 0 Å². The maximum absolute atomic E-state index is 12.2. The molecule has 2 aromatic rings. The van der Waals surface area contributed by atoms with Crippen molar-refractivity contribution in [1.82, 2.24) is 15.8 Å². The van der Waals surface area contributed by atoms with Gasteiger partial charge in [-0.3, -0.25) is 10.2 Å². The smallest absolute Gasteiger partial charge is 0.336 e. The Morgan fingerprint density at radius 1 is 1.16 bits per heavy atom. The van der Waals surface area contributed by atoms with Crippen LogP contribution in [0.5, 0.6) is 11.5 Å². The number of benzene rings is 1. The summed E-state index contributed by atoms with van der Waals surface area (Å²) in [6.45, 7) is 1.94. The van der Waals surface area contributed by atoms with Crippen molar-refractivity contribution in [1.29, 1.82) is 0 Å². The van der Waals surface area contributed by atoms with Crippen LogP contribution in [-0.4, -0.2) is 38.1 Å². The Labute approximate surface area is 145 Å². The normalized spacial score (nSPS) is 10.1. The van der Waals surface area contributed by atoms with Gasteiger partial charge in [0, 0.05) is 12.6 Å². The summed E-state index contributed by atoms with van der Waals surface area (Å²) in [5, 5.41) is 0. The first-order chi connectivity index (χ1) is 12.0. The molecular formula is C17H21N3O5. The second kappa shape index (κ2) is 8.09. The molecule has 3 amide bonds. The minimum atomic E-state index is -0.473. The van der Waals surface area contributed by atoms with Gasteiger partial charge in [0.25, 0.3) is 5.91 Å². The van der Waals surface area contributed by atoms with Crippen molar-refractivity contribution in [3.05, 3.63) is 47.4 Å². The monoisotopic (exact) mass is 347 g/mol. The van der Waals surface area contributed by atoms with Gasteiger partial charge in [-0.25, -0.2) is 10.2 Å². The third kappa shape index (κ3) is 4.23. The molecule has 2 rings (SSSR count). The van der Waals surface area contributed by atoms with Gasteiger partial charge in [-0.2, -0.15) is 0 Å². The molecule has 0 fully saturated rings. The molecule has 1 heterocycles. The lowest BCUT2D eigenvalue weighted by Gasteiger charge is -2.20. The number of hydrogen-bond acceptors (Lipinski definition) is 5. The number of aryl methyl sites for hydroxylation is 1. The van der Waals surface area contributed by atoms with E-state index in [0.29, 0.717) is 22.8 Å². The summed E-state index contributed by atoms with van der Waals surface area (Å²) in [7, 11) is 4.68. The van der Waals surface area contributed by atoms with Crippen molar-refractivity contribution in [3.63, 3.8) is 0 Å². The van der Waals surface area contributed by atoms with Crippen LogP contribution in [0.4, 0.5) is 4.79 Å². The van der Waals surface area contributed by atoms with Gasteiger partial charge in [0.1, 0.15) is 5.76 Å². The van der Waals surface area contributed by atoms with Crippen molar-refractivity contribution < 1.29 is 23.5 Å². The zero-order valence-electron chi connectivity index (χ0n) is 14.6. The van der Waals surface area contributed by atoms with E-state index >= 15 is 0 Å². The van der Waals surface area contributed by atoms with Crippen LogP contribution in [0.15, 0.2) is 34.9 Å². The highest BCUT2D eigenvalue weighted by Crippen LogP contribution is 2.31. The molecule has 0 saturated carbocycles. The van der Waals surface area contributed by atoms with Crippen LogP contribution in [-0.2, 0) is 6.54 Å². The molecule has 0 bridgehead atoms. The van der Waals surface area contributed by atoms with Gasteiger partial charge < -0.3 is 18.8 Å². The molecule has 2 N–H and O–H groups in total. The minimum absolute atomic E-state index is 0.271. The van der Waals surface area contributed by atoms with Crippen LogP contribution in [0.2, 0.25) is 0 Å². The fourth-order valence-corrected chi connectivity index (χ4v) is 2.30. The van der Waals surface area contributed by atoms with Gasteiger partial charge in [-0.05, 0) is 19.1 Å². The van der Waals surface area contributed by atoms with Gasteiger partial charge in [0.15, 0.2) is 11.5 Å². The van der Waals surface area contributed by atoms with E-state index in [4.69, 9.17) is 13.9 Å². The zero-order valence-corrected chi connectivity index (χ0v) is 14.6. The Bertz CT molecular complexity index is 756. The van der Waals surface area contributed by atoms with E-state index in [1.807, 2.05) is 12.1 Å². The van der Waals surface area contributed by atoms with Crippen molar-refractivity contribution >= 4 is 11.9 Å². The highest BCUT2D eigenvalue weighted by atomic mass is 16.5. The molecule has 0 unspecified atom stereocenters. The maximum atomic E-state index is 12.2. The summed E-state index contributed by atoms with van der Waals surface area (Å²) in [6.07, 6.45) is 1.41. The predicted octanol–water partition coefficient (Wildman–Crippen LogP) is 2.09. The SMILES string of the molecule is COc1cccc(CN(C)C(=O)NNC(=O)c2ccoc2C)c1OC. The fourth-order valence-electron chi connectivity index (χ4n) is 2.30. The van der Waals surface area contributed by atoms with Gasteiger partial charge >= 0.3 is 6.03 Å². The number of urea groups is 1. The first kappa shape index (κ1) is 18.2. The summed E-state index contributed by atoms with van der Waals surface area (Å²) in [5.74, 6) is 1.16. The average Bonchev–Trinajstić information content (AvgIpc) is 3.04. The Balaban J connectivity index is 1.97. The second-order valence-corrected chi connectivity index (χ2v) is 5.28. The number of para-hydroxylation sites is 1. The van der Waals surface area contributed by atoms with E-state index < -0.39 is 11.9 Å². The molecule has 0 aliphatic heterocycles. The predicted molar refractivity (Wildman–Crippen MR) is 90.5 cm³/mol. The summed E-state index contributed by atoms with van der Waals surface area (Å²) >= 11 is 0. The number of methoxy groups -OCH3 is 2. The van der Waals surface area contributed by atoms with Crippen LogP contribution in [0.25, 0.3) is 0 Å². The standard InChI is InChI=1S/C17H21N3O5/c1-11-13(8-9-25-11)16(21)18-19-17(22)20(2)10-12-6-5-7-14(23-3)15(12)24-4/h5-9H,10H2,1-4H3,(H,18,21)(H,19,22). The van der Waals surface area contributed by atoms with Gasteiger partial charge in [0.05, 0.1) is 32.6 Å². The number of hydrazine groups is 1. The number of ether oxygens (including phenoxy) is 2. The zero-order chi connectivity index (χ0) is 18.4. The first-order valence-electron chi connectivity index (χ1n) is 7.53. The van der Waals surface area contributed by atoms with E-state index in [-0.39, 0.29) is 6.54 Å². The molecular weight excluding hydrogens is 326 g/mol. The van der Waals surface area contributed by atoms with Crippen LogP contribution in [0.3, 0.4) is 0 Å². The number of carbonyl (C=O) groups is 2. The third-order valence-corrected chi connectivity index (χ3v) is 3.63. The molecule has 8 nitrogen and oxygen atoms in total. The van der Waals surface area contributed by atoms with Crippen LogP contribution in [0, 0.1) is 6.92 Å². The summed E-state index contributed by atoms with van der Waals surface area (Å²) in [5.41, 5.74) is 5.84. The molecule has 1 aromatic carbocycles. The quantitative estimate of drug-likeness (QED) is 0.808.